The van der Waals surface area contributed by atoms with Crippen LogP contribution in [-0.2, 0) is 37.9 Å². The van der Waals surface area contributed by atoms with Gasteiger partial charge in [-0.1, -0.05) is 25.7 Å². The maximum atomic E-state index is 11.4. The quantitative estimate of drug-likeness (QED) is 0.221. The second-order valence-electron chi connectivity index (χ2n) is 11.3. The molecule has 5 aliphatic heterocycles. The van der Waals surface area contributed by atoms with Crippen LogP contribution in [0.5, 0.6) is 0 Å². The number of hydrogen-bond donors (Lipinski definition) is 6. The van der Waals surface area contributed by atoms with Gasteiger partial charge >= 0.3 is 0 Å². The molecule has 14 nitrogen and oxygen atoms in total. The fourth-order valence-corrected chi connectivity index (χ4v) is 5.57. The first kappa shape index (κ1) is 33.3. The van der Waals surface area contributed by atoms with Crippen LogP contribution in [0.15, 0.2) is 0 Å². The summed E-state index contributed by atoms with van der Waals surface area (Å²) in [5, 5.41) is 63.9. The van der Waals surface area contributed by atoms with Crippen LogP contribution in [0.2, 0.25) is 0 Å². The van der Waals surface area contributed by atoms with Gasteiger partial charge in [0, 0.05) is 26.7 Å². The highest BCUT2D eigenvalue weighted by Gasteiger charge is 2.53. The van der Waals surface area contributed by atoms with E-state index in [2.05, 4.69) is 0 Å². The Balaban J connectivity index is 1.57. The third kappa shape index (κ3) is 8.54. The predicted octanol–water partition coefficient (Wildman–Crippen LogP) is -1.46. The van der Waals surface area contributed by atoms with Crippen LogP contribution >= 0.6 is 0 Å². The van der Waals surface area contributed by atoms with Crippen LogP contribution in [0.4, 0.5) is 0 Å². The first-order chi connectivity index (χ1) is 19.7. The first-order valence-corrected chi connectivity index (χ1v) is 14.7. The summed E-state index contributed by atoms with van der Waals surface area (Å²) < 4.78 is 46.7. The molecule has 5 fully saturated rings. The summed E-state index contributed by atoms with van der Waals surface area (Å²) >= 11 is 0. The Bertz CT molecular complexity index is 762. The van der Waals surface area contributed by atoms with Gasteiger partial charge in [-0.25, -0.2) is 0 Å². The van der Waals surface area contributed by atoms with Gasteiger partial charge in [0.25, 0.3) is 0 Å². The van der Waals surface area contributed by atoms with Crippen molar-refractivity contribution in [3.8, 4) is 0 Å². The molecule has 14 heteroatoms. The number of hydrogen-bond acceptors (Lipinski definition) is 14. The Hall–Kier alpha value is -0.560. The van der Waals surface area contributed by atoms with Crippen LogP contribution in [0.3, 0.4) is 0 Å². The summed E-state index contributed by atoms with van der Waals surface area (Å²) in [7, 11) is 1.37. The molecule has 0 aromatic rings. The molecule has 6 N–H and O–H groups in total. The summed E-state index contributed by atoms with van der Waals surface area (Å²) in [6.07, 6.45) is -11.3. The third-order valence-electron chi connectivity index (χ3n) is 8.18. The van der Waals surface area contributed by atoms with Gasteiger partial charge in [-0.2, -0.15) is 0 Å². The average Bonchev–Trinajstić information content (AvgIpc) is 2.95. The maximum Gasteiger partial charge on any atom is 0.187 e. The fourth-order valence-electron chi connectivity index (χ4n) is 5.57. The lowest BCUT2D eigenvalue weighted by Gasteiger charge is -2.48. The van der Waals surface area contributed by atoms with Gasteiger partial charge in [0.05, 0.1) is 25.4 Å². The number of rotatable bonds is 3. The molecule has 0 spiro atoms. The molecule has 0 unspecified atom stereocenters. The summed E-state index contributed by atoms with van der Waals surface area (Å²) in [6, 6.07) is 0. The van der Waals surface area contributed by atoms with Crippen molar-refractivity contribution in [3.05, 3.63) is 0 Å². The number of methoxy groups -OCH3 is 1. The normalized spacial score (nSPS) is 48.0. The van der Waals surface area contributed by atoms with E-state index in [1.807, 2.05) is 0 Å². The average molecular weight is 597 g/mol. The number of ether oxygens (including phenoxy) is 8. The largest absolute Gasteiger partial charge is 0.390 e. The highest BCUT2D eigenvalue weighted by molar-refractivity contribution is 4.95. The van der Waals surface area contributed by atoms with Crippen molar-refractivity contribution in [2.45, 2.75) is 138 Å². The minimum absolute atomic E-state index is 0.00682. The molecule has 5 heterocycles. The van der Waals surface area contributed by atoms with Gasteiger partial charge in [-0.05, 0) is 19.8 Å². The molecule has 14 atom stereocenters. The number of aliphatic hydroxyl groups is 6. The fraction of sp³-hybridized carbons (Fsp3) is 1.00. The summed E-state index contributed by atoms with van der Waals surface area (Å²) in [6.45, 7) is 2.55. The van der Waals surface area contributed by atoms with Gasteiger partial charge in [0.2, 0.25) is 0 Å². The van der Waals surface area contributed by atoms with Gasteiger partial charge in [-0.15, -0.1) is 0 Å². The summed E-state index contributed by atoms with van der Waals surface area (Å²) in [5.74, 6) is 0. The van der Waals surface area contributed by atoms with E-state index in [1.165, 1.54) is 7.11 Å². The monoisotopic (exact) mass is 596 g/mol. The van der Waals surface area contributed by atoms with E-state index < -0.39 is 86.0 Å². The van der Waals surface area contributed by atoms with Crippen LogP contribution in [0.25, 0.3) is 0 Å². The lowest BCUT2D eigenvalue weighted by Crippen LogP contribution is -2.66. The molecule has 0 aromatic heterocycles. The van der Waals surface area contributed by atoms with Crippen LogP contribution < -0.4 is 0 Å². The lowest BCUT2D eigenvalue weighted by atomic mass is 9.96. The molecule has 5 rings (SSSR count). The third-order valence-corrected chi connectivity index (χ3v) is 8.18. The van der Waals surface area contributed by atoms with Crippen molar-refractivity contribution in [2.75, 3.05) is 33.5 Å². The molecular weight excluding hydrogens is 548 g/mol. The van der Waals surface area contributed by atoms with Gasteiger partial charge < -0.3 is 68.5 Å². The van der Waals surface area contributed by atoms with E-state index in [0.717, 1.165) is 38.5 Å². The van der Waals surface area contributed by atoms with Crippen molar-refractivity contribution in [1.82, 2.24) is 0 Å². The van der Waals surface area contributed by atoms with Crippen LogP contribution in [0.1, 0.15) is 51.9 Å². The van der Waals surface area contributed by atoms with E-state index in [-0.39, 0.29) is 19.6 Å². The predicted molar refractivity (Wildman–Crippen MR) is 138 cm³/mol. The molecule has 5 aliphatic rings. The molecule has 0 radical (unpaired) electrons. The van der Waals surface area contributed by atoms with E-state index in [4.69, 9.17) is 37.9 Å². The second-order valence-corrected chi connectivity index (χ2v) is 11.3. The van der Waals surface area contributed by atoms with Gasteiger partial charge in [0.15, 0.2) is 18.9 Å². The molecule has 0 saturated carbocycles. The zero-order valence-electron chi connectivity index (χ0n) is 23.8. The maximum absolute atomic E-state index is 11.4. The summed E-state index contributed by atoms with van der Waals surface area (Å²) in [5.41, 5.74) is 0. The van der Waals surface area contributed by atoms with E-state index >= 15 is 0 Å². The summed E-state index contributed by atoms with van der Waals surface area (Å²) in [4.78, 5) is 0. The Labute approximate surface area is 240 Å². The number of aliphatic hydroxyl groups excluding tert-OH is 6. The molecule has 0 aromatic carbocycles. The number of fused-ring (bicyclic) bond motifs is 13. The molecule has 240 valence electrons. The SMILES string of the molecule is CO[C@H]1O[C@@H]2COCCCCCCCCOC[C@H]3O[C@H](O[C@H]1[C@@H](O[C@H]1O[C@H](C)[C@H](O)C[C@H]1O)[C@@H]2O)[C@H](O)[C@@H](O)[C@H]3O. The minimum atomic E-state index is -1.66. The lowest BCUT2D eigenvalue weighted by molar-refractivity contribution is -0.385. The van der Waals surface area contributed by atoms with E-state index in [1.54, 1.807) is 6.92 Å². The zero-order chi connectivity index (χ0) is 29.5. The van der Waals surface area contributed by atoms with E-state index in [9.17, 15) is 30.6 Å². The van der Waals surface area contributed by atoms with Crippen molar-refractivity contribution in [3.63, 3.8) is 0 Å². The van der Waals surface area contributed by atoms with Gasteiger partial charge in [-0.3, -0.25) is 0 Å². The Morgan fingerprint density at radius 2 is 1.22 bits per heavy atom. The van der Waals surface area contributed by atoms with Crippen molar-refractivity contribution >= 4 is 0 Å². The van der Waals surface area contributed by atoms with Gasteiger partial charge in [0.1, 0.15) is 54.9 Å². The Morgan fingerprint density at radius 1 is 0.610 bits per heavy atom. The topological polar surface area (TPSA) is 195 Å². The highest BCUT2D eigenvalue weighted by Crippen LogP contribution is 2.33. The highest BCUT2D eigenvalue weighted by atomic mass is 16.8. The second kappa shape index (κ2) is 16.0. The van der Waals surface area contributed by atoms with Crippen LogP contribution in [-0.4, -0.2) is 150 Å². The smallest absolute Gasteiger partial charge is 0.187 e. The molecule has 0 aliphatic carbocycles. The molecule has 41 heavy (non-hydrogen) atoms. The Morgan fingerprint density at radius 3 is 1.85 bits per heavy atom. The van der Waals surface area contributed by atoms with Crippen LogP contribution in [0, 0.1) is 0 Å². The van der Waals surface area contributed by atoms with E-state index in [0.29, 0.717) is 13.2 Å². The molecule has 4 bridgehead atoms. The zero-order valence-corrected chi connectivity index (χ0v) is 23.8. The standard InChI is InChI=1S/C27H48O14/c1-14-15(28)11-16(29)25(37-14)40-23-20(31)18-13-36-10-8-6-4-3-5-7-9-35-12-17-19(30)21(32)22(33)26(38-17)41-24(23)27(34-2)39-18/h14-33H,3-13H2,1-2H3/t14-,15-,16-,17-,18-,19+,20-,21+,22-,23+,24+,25-,26-,27+/m1/s1. The van der Waals surface area contributed by atoms with Crippen molar-refractivity contribution < 1.29 is 68.5 Å². The minimum Gasteiger partial charge on any atom is -0.390 e. The van der Waals surface area contributed by atoms with Crippen molar-refractivity contribution in [1.29, 1.82) is 0 Å². The molecular formula is C27H48O14. The molecule has 0 amide bonds. The Kier molecular flexibility index (Phi) is 13.0. The van der Waals surface area contributed by atoms with Crippen molar-refractivity contribution in [2.24, 2.45) is 0 Å². The molecule has 5 saturated heterocycles. The first-order valence-electron chi connectivity index (χ1n) is 14.7.